The summed E-state index contributed by atoms with van der Waals surface area (Å²) in [4.78, 5) is 24.6. The molecule has 1 aromatic heterocycles. The molecule has 1 amide bonds. The Hall–Kier alpha value is -2.96. The van der Waals surface area contributed by atoms with E-state index in [1.165, 1.54) is 0 Å². The predicted octanol–water partition coefficient (Wildman–Crippen LogP) is 3.73. The maximum absolute atomic E-state index is 12.4. The molecule has 0 spiro atoms. The van der Waals surface area contributed by atoms with Crippen LogP contribution in [0.5, 0.6) is 11.5 Å². The van der Waals surface area contributed by atoms with E-state index in [1.807, 2.05) is 32.0 Å². The van der Waals surface area contributed by atoms with Crippen LogP contribution in [0.1, 0.15) is 53.8 Å². The maximum Gasteiger partial charge on any atom is 0.342 e. The highest BCUT2D eigenvalue weighted by molar-refractivity contribution is 5.92. The molecule has 1 atom stereocenters. The minimum absolute atomic E-state index is 0.123. The molecule has 156 valence electrons. The molecule has 0 bridgehead atoms. The Balaban J connectivity index is 1.64. The summed E-state index contributed by atoms with van der Waals surface area (Å²) in [6.07, 6.45) is 0.829. The predicted molar refractivity (Wildman–Crippen MR) is 106 cm³/mol. The molecule has 0 saturated carbocycles. The second kappa shape index (κ2) is 9.03. The third kappa shape index (κ3) is 5.10. The van der Waals surface area contributed by atoms with Crippen molar-refractivity contribution in [1.29, 1.82) is 0 Å². The standard InChI is InChI=1S/C22H27NO6/c1-13(2)21(16-6-7-18-19(11-16)27-9-5-8-26-18)23-20(24)12-28-22(25)17-10-14(3)29-15(17)4/h6-7,10-11,13,21H,5,8-9,12H2,1-4H3,(H,23,24)/t21-/m0/s1. The molecule has 7 heteroatoms. The summed E-state index contributed by atoms with van der Waals surface area (Å²) in [5, 5.41) is 2.95. The van der Waals surface area contributed by atoms with Crippen LogP contribution >= 0.6 is 0 Å². The number of benzene rings is 1. The van der Waals surface area contributed by atoms with Gasteiger partial charge in [-0.2, -0.15) is 0 Å². The summed E-state index contributed by atoms with van der Waals surface area (Å²) in [5.41, 5.74) is 1.24. The molecule has 1 aliphatic heterocycles. The fraction of sp³-hybridized carbons (Fsp3) is 0.455. The summed E-state index contributed by atoms with van der Waals surface area (Å²) in [7, 11) is 0. The van der Waals surface area contributed by atoms with E-state index in [4.69, 9.17) is 18.6 Å². The van der Waals surface area contributed by atoms with Gasteiger partial charge in [-0.3, -0.25) is 4.79 Å². The first-order chi connectivity index (χ1) is 13.8. The molecule has 0 radical (unpaired) electrons. The number of carbonyl (C=O) groups excluding carboxylic acids is 2. The fourth-order valence-corrected chi connectivity index (χ4v) is 3.27. The normalized spacial score (nSPS) is 14.2. The molecule has 0 aliphatic carbocycles. The number of amides is 1. The first kappa shape index (κ1) is 20.8. The van der Waals surface area contributed by atoms with Gasteiger partial charge < -0.3 is 23.9 Å². The zero-order valence-electron chi connectivity index (χ0n) is 17.2. The molecule has 29 heavy (non-hydrogen) atoms. The lowest BCUT2D eigenvalue weighted by atomic mass is 9.95. The van der Waals surface area contributed by atoms with Crippen molar-refractivity contribution < 1.29 is 28.2 Å². The largest absolute Gasteiger partial charge is 0.490 e. The van der Waals surface area contributed by atoms with Crippen LogP contribution < -0.4 is 14.8 Å². The molecule has 2 aromatic rings. The minimum atomic E-state index is -0.578. The summed E-state index contributed by atoms with van der Waals surface area (Å²) < 4.78 is 21.9. The summed E-state index contributed by atoms with van der Waals surface area (Å²) in [5.74, 6) is 1.65. The van der Waals surface area contributed by atoms with Gasteiger partial charge in [0.25, 0.3) is 5.91 Å². The molecule has 1 aliphatic rings. The SMILES string of the molecule is Cc1cc(C(=O)OCC(=O)N[C@H](c2ccc3c(c2)OCCCO3)C(C)C)c(C)o1. The summed E-state index contributed by atoms with van der Waals surface area (Å²) >= 11 is 0. The van der Waals surface area contributed by atoms with Crippen molar-refractivity contribution in [2.75, 3.05) is 19.8 Å². The number of ether oxygens (including phenoxy) is 3. The van der Waals surface area contributed by atoms with Gasteiger partial charge in [-0.25, -0.2) is 4.79 Å². The Morgan fingerprint density at radius 1 is 1.10 bits per heavy atom. The average molecular weight is 401 g/mol. The lowest BCUT2D eigenvalue weighted by molar-refractivity contribution is -0.125. The molecule has 3 rings (SSSR count). The maximum atomic E-state index is 12.4. The van der Waals surface area contributed by atoms with Crippen LogP contribution in [0.25, 0.3) is 0 Å². The van der Waals surface area contributed by atoms with Crippen molar-refractivity contribution in [1.82, 2.24) is 5.32 Å². The van der Waals surface area contributed by atoms with Crippen molar-refractivity contribution in [3.05, 3.63) is 46.9 Å². The number of fused-ring (bicyclic) bond motifs is 1. The second-order valence-electron chi connectivity index (χ2n) is 7.45. The molecule has 0 unspecified atom stereocenters. The number of nitrogens with one attached hydrogen (secondary N) is 1. The van der Waals surface area contributed by atoms with Gasteiger partial charge in [0.05, 0.1) is 19.3 Å². The highest BCUT2D eigenvalue weighted by Gasteiger charge is 2.22. The minimum Gasteiger partial charge on any atom is -0.490 e. The van der Waals surface area contributed by atoms with Crippen LogP contribution in [0.3, 0.4) is 0 Å². The van der Waals surface area contributed by atoms with E-state index in [0.29, 0.717) is 41.8 Å². The van der Waals surface area contributed by atoms with Gasteiger partial charge in [-0.15, -0.1) is 0 Å². The summed E-state index contributed by atoms with van der Waals surface area (Å²) in [6, 6.07) is 7.03. The quantitative estimate of drug-likeness (QED) is 0.742. The zero-order valence-corrected chi connectivity index (χ0v) is 17.2. The third-order valence-corrected chi connectivity index (χ3v) is 4.71. The third-order valence-electron chi connectivity index (χ3n) is 4.71. The van der Waals surface area contributed by atoms with Crippen LogP contribution in [0.2, 0.25) is 0 Å². The molecular formula is C22H27NO6. The smallest absolute Gasteiger partial charge is 0.342 e. The average Bonchev–Trinajstić information content (AvgIpc) is 2.88. The van der Waals surface area contributed by atoms with Crippen LogP contribution in [0, 0.1) is 19.8 Å². The number of furan rings is 1. The highest BCUT2D eigenvalue weighted by atomic mass is 16.5. The lowest BCUT2D eigenvalue weighted by Crippen LogP contribution is -2.35. The summed E-state index contributed by atoms with van der Waals surface area (Å²) in [6.45, 7) is 8.31. The second-order valence-corrected chi connectivity index (χ2v) is 7.45. The molecule has 0 fully saturated rings. The van der Waals surface area contributed by atoms with E-state index in [0.717, 1.165) is 12.0 Å². The zero-order chi connectivity index (χ0) is 21.0. The molecular weight excluding hydrogens is 374 g/mol. The monoisotopic (exact) mass is 401 g/mol. The number of rotatable bonds is 6. The Kier molecular flexibility index (Phi) is 6.46. The molecule has 0 saturated heterocycles. The van der Waals surface area contributed by atoms with Gasteiger partial charge in [0.2, 0.25) is 0 Å². The van der Waals surface area contributed by atoms with Gasteiger partial charge >= 0.3 is 5.97 Å². The number of carbonyl (C=O) groups is 2. The van der Waals surface area contributed by atoms with Gasteiger partial charge in [-0.05, 0) is 43.5 Å². The molecule has 1 aromatic carbocycles. The van der Waals surface area contributed by atoms with Gasteiger partial charge in [0.1, 0.15) is 17.1 Å². The lowest BCUT2D eigenvalue weighted by Gasteiger charge is -2.23. The van der Waals surface area contributed by atoms with Crippen LogP contribution in [-0.2, 0) is 9.53 Å². The van der Waals surface area contributed by atoms with E-state index in [1.54, 1.807) is 19.9 Å². The number of hydrogen-bond donors (Lipinski definition) is 1. The van der Waals surface area contributed by atoms with Gasteiger partial charge in [0, 0.05) is 6.42 Å². The van der Waals surface area contributed by atoms with E-state index in [2.05, 4.69) is 5.32 Å². The molecule has 7 nitrogen and oxygen atoms in total. The van der Waals surface area contributed by atoms with Crippen LogP contribution in [0.15, 0.2) is 28.7 Å². The molecule has 1 N–H and O–H groups in total. The van der Waals surface area contributed by atoms with Crippen LogP contribution in [-0.4, -0.2) is 31.7 Å². The Bertz CT molecular complexity index is 885. The van der Waals surface area contributed by atoms with Gasteiger partial charge in [0.15, 0.2) is 18.1 Å². The van der Waals surface area contributed by atoms with Crippen molar-refractivity contribution in [3.63, 3.8) is 0 Å². The number of hydrogen-bond acceptors (Lipinski definition) is 6. The molecule has 2 heterocycles. The topological polar surface area (TPSA) is 87.0 Å². The van der Waals surface area contributed by atoms with E-state index in [9.17, 15) is 9.59 Å². The number of aryl methyl sites for hydroxylation is 2. The van der Waals surface area contributed by atoms with Crippen LogP contribution in [0.4, 0.5) is 0 Å². The number of esters is 1. The first-order valence-electron chi connectivity index (χ1n) is 9.78. The Labute approximate surface area is 170 Å². The Morgan fingerprint density at radius 2 is 1.83 bits per heavy atom. The fourth-order valence-electron chi connectivity index (χ4n) is 3.27. The Morgan fingerprint density at radius 3 is 2.48 bits per heavy atom. The van der Waals surface area contributed by atoms with Crippen molar-refractivity contribution in [2.24, 2.45) is 5.92 Å². The van der Waals surface area contributed by atoms with Gasteiger partial charge in [-0.1, -0.05) is 19.9 Å². The van der Waals surface area contributed by atoms with E-state index >= 15 is 0 Å². The van der Waals surface area contributed by atoms with Crippen molar-refractivity contribution in [2.45, 2.75) is 40.2 Å². The van der Waals surface area contributed by atoms with E-state index < -0.39 is 5.97 Å². The van der Waals surface area contributed by atoms with Crippen molar-refractivity contribution in [3.8, 4) is 11.5 Å². The first-order valence-corrected chi connectivity index (χ1v) is 9.78. The van der Waals surface area contributed by atoms with E-state index in [-0.39, 0.29) is 24.5 Å². The van der Waals surface area contributed by atoms with Crippen molar-refractivity contribution >= 4 is 11.9 Å². The highest BCUT2D eigenvalue weighted by Crippen LogP contribution is 2.34.